The van der Waals surface area contributed by atoms with E-state index in [0.29, 0.717) is 32.3 Å². The maximum Gasteiger partial charge on any atom is 0.240 e. The Morgan fingerprint density at radius 1 is 1.15 bits per heavy atom. The zero-order chi connectivity index (χ0) is 24.6. The molecule has 0 saturated carbocycles. The minimum atomic E-state index is -0.521. The minimum absolute atomic E-state index is 0.0383. The maximum absolute atomic E-state index is 11.4. The number of aryl methyl sites for hydroxylation is 2. The van der Waals surface area contributed by atoms with E-state index in [1.165, 1.54) is 30.6 Å². The molecule has 0 bridgehead atoms. The van der Waals surface area contributed by atoms with Gasteiger partial charge in [-0.3, -0.25) is 19.7 Å². The van der Waals surface area contributed by atoms with Gasteiger partial charge in [-0.2, -0.15) is 0 Å². The van der Waals surface area contributed by atoms with Crippen LogP contribution in [0.1, 0.15) is 64.0 Å². The molecule has 8 nitrogen and oxygen atoms in total. The summed E-state index contributed by atoms with van der Waals surface area (Å²) in [6.07, 6.45) is 7.89. The number of hydrogen-bond donors (Lipinski definition) is 4. The number of likely N-dealkylation sites (N-methyl/N-ethyl adjacent to an activating group) is 1. The second kappa shape index (κ2) is 16.2. The first kappa shape index (κ1) is 28.6. The third-order valence-electron chi connectivity index (χ3n) is 5.85. The van der Waals surface area contributed by atoms with Crippen LogP contribution in [0, 0.1) is 0 Å². The molecular weight excluding hydrogens is 418 g/mol. The lowest BCUT2D eigenvalue weighted by atomic mass is 9.92. The van der Waals surface area contributed by atoms with Crippen LogP contribution in [0.25, 0.3) is 0 Å². The number of nitrogens with two attached hydrogens (primary N) is 1. The van der Waals surface area contributed by atoms with Crippen molar-refractivity contribution in [3.63, 3.8) is 0 Å². The van der Waals surface area contributed by atoms with Gasteiger partial charge >= 0.3 is 0 Å². The van der Waals surface area contributed by atoms with E-state index in [1.54, 1.807) is 18.2 Å². The van der Waals surface area contributed by atoms with Gasteiger partial charge in [-0.25, -0.2) is 0 Å². The normalized spacial score (nSPS) is 19.7. The fraction of sp³-hybridized carbons (Fsp3) is 0.640. The first-order valence-electron chi connectivity index (χ1n) is 12.2. The van der Waals surface area contributed by atoms with Gasteiger partial charge in [-0.15, -0.1) is 0 Å². The minimum Gasteiger partial charge on any atom is -0.368 e. The fourth-order valence-electron chi connectivity index (χ4n) is 4.18. The van der Waals surface area contributed by atoms with Gasteiger partial charge < -0.3 is 21.3 Å². The predicted molar refractivity (Wildman–Crippen MR) is 132 cm³/mol. The third-order valence-corrected chi connectivity index (χ3v) is 5.85. The molecule has 1 fully saturated rings. The molecule has 0 radical (unpaired) electrons. The molecule has 1 aromatic rings. The Morgan fingerprint density at radius 2 is 1.76 bits per heavy atom. The van der Waals surface area contributed by atoms with Crippen molar-refractivity contribution in [2.24, 2.45) is 5.73 Å². The summed E-state index contributed by atoms with van der Waals surface area (Å²) < 4.78 is 0. The van der Waals surface area contributed by atoms with Crippen LogP contribution in [0.2, 0.25) is 0 Å². The molecule has 3 atom stereocenters. The molecule has 1 heterocycles. The van der Waals surface area contributed by atoms with Crippen molar-refractivity contribution in [2.45, 2.75) is 84.0 Å². The van der Waals surface area contributed by atoms with E-state index in [4.69, 9.17) is 5.73 Å². The zero-order valence-electron chi connectivity index (χ0n) is 20.7. The zero-order valence-corrected chi connectivity index (χ0v) is 20.7. The summed E-state index contributed by atoms with van der Waals surface area (Å²) in [5, 5.41) is 8.87. The number of nitrogens with one attached hydrogen (secondary N) is 3. The molecule has 3 rings (SSSR count). The summed E-state index contributed by atoms with van der Waals surface area (Å²) in [6, 6.07) is 8.32. The van der Waals surface area contributed by atoms with E-state index < -0.39 is 11.9 Å². The summed E-state index contributed by atoms with van der Waals surface area (Å²) in [5.74, 6) is -0.520. The SMILES string of the molecule is CC.CNCC(=O)NC(C)CCNC1CCC(C(N)=O)N1C=O.c1ccc2c(c1)CCCC2. The maximum atomic E-state index is 11.4. The first-order chi connectivity index (χ1) is 16.0. The number of likely N-dealkylation sites (tertiary alicyclic amines) is 1. The highest BCUT2D eigenvalue weighted by Crippen LogP contribution is 2.21. The number of nitrogens with zero attached hydrogens (tertiary/aromatic N) is 1. The van der Waals surface area contributed by atoms with Gasteiger partial charge in [0.05, 0.1) is 12.7 Å². The molecule has 8 heteroatoms. The van der Waals surface area contributed by atoms with Gasteiger partial charge in [0.25, 0.3) is 0 Å². The Kier molecular flexibility index (Phi) is 14.0. The summed E-state index contributed by atoms with van der Waals surface area (Å²) >= 11 is 0. The van der Waals surface area contributed by atoms with Crippen molar-refractivity contribution in [1.29, 1.82) is 0 Å². The van der Waals surface area contributed by atoms with Crippen LogP contribution >= 0.6 is 0 Å². The van der Waals surface area contributed by atoms with Crippen LogP contribution in [0.4, 0.5) is 0 Å². The lowest BCUT2D eigenvalue weighted by molar-refractivity contribution is -0.130. The molecule has 3 amide bonds. The summed E-state index contributed by atoms with van der Waals surface area (Å²) in [4.78, 5) is 35.1. The highest BCUT2D eigenvalue weighted by Gasteiger charge is 2.35. The molecular formula is C25H43N5O3. The van der Waals surface area contributed by atoms with E-state index in [0.717, 1.165) is 6.42 Å². The second-order valence-electron chi connectivity index (χ2n) is 8.28. The first-order valence-corrected chi connectivity index (χ1v) is 12.2. The molecule has 186 valence electrons. The van der Waals surface area contributed by atoms with E-state index in [1.807, 2.05) is 20.8 Å². The quantitative estimate of drug-likeness (QED) is 0.418. The van der Waals surface area contributed by atoms with Crippen LogP contribution in [0.5, 0.6) is 0 Å². The Labute approximate surface area is 199 Å². The Morgan fingerprint density at radius 3 is 2.27 bits per heavy atom. The monoisotopic (exact) mass is 461 g/mol. The molecule has 0 aromatic heterocycles. The van der Waals surface area contributed by atoms with Gasteiger partial charge in [0, 0.05) is 6.04 Å². The Hall–Kier alpha value is -2.45. The smallest absolute Gasteiger partial charge is 0.240 e. The van der Waals surface area contributed by atoms with Crippen LogP contribution in [0.3, 0.4) is 0 Å². The Balaban J connectivity index is 0.000000373. The molecule has 33 heavy (non-hydrogen) atoms. The van der Waals surface area contributed by atoms with Crippen molar-refractivity contribution in [2.75, 3.05) is 20.1 Å². The van der Waals surface area contributed by atoms with Crippen molar-refractivity contribution < 1.29 is 14.4 Å². The van der Waals surface area contributed by atoms with Gasteiger partial charge in [-0.05, 0) is 76.6 Å². The number of amides is 3. The summed E-state index contributed by atoms with van der Waals surface area (Å²) in [5.41, 5.74) is 8.42. The average molecular weight is 462 g/mol. The standard InChI is InChI=1S/C13H25N5O3.C10H12.C2H6/c1-9(17-12(20)7-15-2)5-6-16-11-4-3-10(13(14)21)18(11)8-19;1-2-6-10-8-4-3-7-9(10)5-1;1-2/h8-11,15-16H,3-7H2,1-2H3,(H2,14,21)(H,17,20);1-2,5-6H,3-4,7-8H2;1-2H3. The van der Waals surface area contributed by atoms with E-state index in [9.17, 15) is 14.4 Å². The topological polar surface area (TPSA) is 117 Å². The van der Waals surface area contributed by atoms with Crippen molar-refractivity contribution in [1.82, 2.24) is 20.9 Å². The number of primary amides is 1. The van der Waals surface area contributed by atoms with Crippen LogP contribution in [-0.2, 0) is 27.2 Å². The largest absolute Gasteiger partial charge is 0.368 e. The van der Waals surface area contributed by atoms with E-state index in [2.05, 4.69) is 40.2 Å². The number of hydrogen-bond acceptors (Lipinski definition) is 5. The number of carbonyl (C=O) groups excluding carboxylic acids is 3. The molecule has 1 saturated heterocycles. The lowest BCUT2D eigenvalue weighted by Gasteiger charge is -2.25. The predicted octanol–water partition coefficient (Wildman–Crippen LogP) is 1.71. The summed E-state index contributed by atoms with van der Waals surface area (Å²) in [6.45, 7) is 6.86. The molecule has 3 unspecified atom stereocenters. The average Bonchev–Trinajstić information content (AvgIpc) is 3.24. The Bertz CT molecular complexity index is 703. The second-order valence-corrected chi connectivity index (χ2v) is 8.28. The molecule has 5 N–H and O–H groups in total. The van der Waals surface area contributed by atoms with Crippen molar-refractivity contribution in [3.05, 3.63) is 35.4 Å². The van der Waals surface area contributed by atoms with Crippen LogP contribution in [0.15, 0.2) is 24.3 Å². The number of fused-ring (bicyclic) bond motifs is 1. The molecule has 1 aliphatic carbocycles. The van der Waals surface area contributed by atoms with Gasteiger partial charge in [0.15, 0.2) is 0 Å². The van der Waals surface area contributed by atoms with E-state index >= 15 is 0 Å². The van der Waals surface area contributed by atoms with Crippen LogP contribution < -0.4 is 21.7 Å². The fourth-order valence-corrected chi connectivity index (χ4v) is 4.18. The van der Waals surface area contributed by atoms with Gasteiger partial charge in [0.2, 0.25) is 18.2 Å². The summed E-state index contributed by atoms with van der Waals surface area (Å²) in [7, 11) is 1.72. The highest BCUT2D eigenvalue weighted by molar-refractivity contribution is 5.82. The van der Waals surface area contributed by atoms with Crippen LogP contribution in [-0.4, -0.2) is 61.5 Å². The molecule has 0 spiro atoms. The molecule has 1 aromatic carbocycles. The van der Waals surface area contributed by atoms with Crippen molar-refractivity contribution >= 4 is 18.2 Å². The lowest BCUT2D eigenvalue weighted by Crippen LogP contribution is -2.49. The third kappa shape index (κ3) is 9.92. The molecule has 1 aliphatic heterocycles. The van der Waals surface area contributed by atoms with Crippen molar-refractivity contribution in [3.8, 4) is 0 Å². The number of carbonyl (C=O) groups is 3. The van der Waals surface area contributed by atoms with Gasteiger partial charge in [-0.1, -0.05) is 38.1 Å². The number of benzene rings is 1. The van der Waals surface area contributed by atoms with Gasteiger partial charge in [0.1, 0.15) is 6.04 Å². The van der Waals surface area contributed by atoms with E-state index in [-0.39, 0.29) is 18.1 Å². The molecule has 2 aliphatic rings. The number of rotatable bonds is 9. The highest BCUT2D eigenvalue weighted by atomic mass is 16.2.